The summed E-state index contributed by atoms with van der Waals surface area (Å²) in [6.07, 6.45) is 0. The molecule has 1 N–H and O–H groups in total. The Kier molecular flexibility index (Phi) is 10.2. The van der Waals surface area contributed by atoms with Crippen molar-refractivity contribution in [1.82, 2.24) is 10.2 Å². The van der Waals surface area contributed by atoms with Crippen molar-refractivity contribution in [3.8, 4) is 0 Å². The van der Waals surface area contributed by atoms with E-state index in [-0.39, 0.29) is 23.3 Å². The van der Waals surface area contributed by atoms with Crippen LogP contribution in [-0.2, 0) is 26.2 Å². The fourth-order valence-corrected chi connectivity index (χ4v) is 5.86. The molecular weight excluding hydrogens is 534 g/mol. The van der Waals surface area contributed by atoms with Gasteiger partial charge < -0.3 is 10.2 Å². The summed E-state index contributed by atoms with van der Waals surface area (Å²) < 4.78 is 28.9. The lowest BCUT2D eigenvalue weighted by Gasteiger charge is -2.32. The minimum absolute atomic E-state index is 0.0425. The molecule has 208 valence electrons. The molecule has 39 heavy (non-hydrogen) atoms. The van der Waals surface area contributed by atoms with E-state index in [1.165, 1.54) is 17.0 Å². The molecule has 0 heterocycles. The number of halogens is 1. The third-order valence-corrected chi connectivity index (χ3v) is 8.52. The van der Waals surface area contributed by atoms with Crippen LogP contribution in [0, 0.1) is 19.8 Å². The zero-order valence-electron chi connectivity index (χ0n) is 23.0. The number of amides is 2. The first-order valence-electron chi connectivity index (χ1n) is 12.9. The number of carbonyl (C=O) groups excluding carboxylic acids is 2. The van der Waals surface area contributed by atoms with E-state index >= 15 is 0 Å². The summed E-state index contributed by atoms with van der Waals surface area (Å²) in [5.74, 6) is -0.625. The number of hydrogen-bond acceptors (Lipinski definition) is 4. The molecule has 9 heteroatoms. The van der Waals surface area contributed by atoms with Crippen molar-refractivity contribution >= 4 is 39.1 Å². The summed E-state index contributed by atoms with van der Waals surface area (Å²) in [5.41, 5.74) is 2.73. The van der Waals surface area contributed by atoms with Gasteiger partial charge in [0.05, 0.1) is 10.6 Å². The number of anilines is 1. The molecule has 0 saturated heterocycles. The molecule has 3 rings (SSSR count). The molecule has 7 nitrogen and oxygen atoms in total. The second-order valence-corrected chi connectivity index (χ2v) is 12.3. The van der Waals surface area contributed by atoms with Crippen molar-refractivity contribution in [3.05, 3.63) is 94.5 Å². The highest BCUT2D eigenvalue weighted by molar-refractivity contribution is 7.92. The van der Waals surface area contributed by atoms with Gasteiger partial charge in [0.25, 0.3) is 10.0 Å². The van der Waals surface area contributed by atoms with Crippen molar-refractivity contribution in [3.63, 3.8) is 0 Å². The maximum atomic E-state index is 14.0. The van der Waals surface area contributed by atoms with E-state index in [0.717, 1.165) is 9.87 Å². The van der Waals surface area contributed by atoms with Crippen molar-refractivity contribution in [2.24, 2.45) is 5.92 Å². The van der Waals surface area contributed by atoms with E-state index in [2.05, 4.69) is 5.32 Å². The molecule has 0 radical (unpaired) electrons. The quantitative estimate of drug-likeness (QED) is 0.338. The number of hydrogen-bond donors (Lipinski definition) is 1. The topological polar surface area (TPSA) is 86.8 Å². The summed E-state index contributed by atoms with van der Waals surface area (Å²) in [7, 11) is -4.11. The highest BCUT2D eigenvalue weighted by Gasteiger charge is 2.33. The largest absolute Gasteiger partial charge is 0.354 e. The second-order valence-electron chi connectivity index (χ2n) is 10.0. The first-order chi connectivity index (χ1) is 18.4. The van der Waals surface area contributed by atoms with Crippen LogP contribution >= 0.6 is 11.6 Å². The maximum absolute atomic E-state index is 14.0. The Labute approximate surface area is 236 Å². The molecule has 0 spiro atoms. The summed E-state index contributed by atoms with van der Waals surface area (Å²) in [6, 6.07) is 19.6. The van der Waals surface area contributed by atoms with Gasteiger partial charge in [0.15, 0.2) is 0 Å². The molecule has 2 amide bonds. The average molecular weight is 570 g/mol. The lowest BCUT2D eigenvalue weighted by atomic mass is 10.1. The van der Waals surface area contributed by atoms with E-state index in [1.54, 1.807) is 55.5 Å². The third-order valence-electron chi connectivity index (χ3n) is 6.38. The van der Waals surface area contributed by atoms with Gasteiger partial charge in [0, 0.05) is 18.1 Å². The van der Waals surface area contributed by atoms with Crippen LogP contribution in [0.1, 0.15) is 37.5 Å². The van der Waals surface area contributed by atoms with Crippen LogP contribution < -0.4 is 9.62 Å². The fourth-order valence-electron chi connectivity index (χ4n) is 4.16. The summed E-state index contributed by atoms with van der Waals surface area (Å²) in [6.45, 7) is 9.33. The van der Waals surface area contributed by atoms with Crippen molar-refractivity contribution < 1.29 is 18.0 Å². The van der Waals surface area contributed by atoms with E-state index in [9.17, 15) is 18.0 Å². The predicted molar refractivity (Wildman–Crippen MR) is 156 cm³/mol. The Morgan fingerprint density at radius 1 is 0.923 bits per heavy atom. The first-order valence-corrected chi connectivity index (χ1v) is 14.7. The van der Waals surface area contributed by atoms with Crippen LogP contribution in [-0.4, -0.2) is 44.3 Å². The Morgan fingerprint density at radius 3 is 2.18 bits per heavy atom. The van der Waals surface area contributed by atoms with Gasteiger partial charge >= 0.3 is 0 Å². The number of rotatable bonds is 11. The Bertz CT molecular complexity index is 1410. The Balaban J connectivity index is 2.04. The minimum atomic E-state index is -4.11. The van der Waals surface area contributed by atoms with Gasteiger partial charge in [0.2, 0.25) is 11.8 Å². The van der Waals surface area contributed by atoms with Crippen LogP contribution in [0.25, 0.3) is 0 Å². The zero-order valence-corrected chi connectivity index (χ0v) is 24.6. The van der Waals surface area contributed by atoms with E-state index in [1.807, 2.05) is 39.8 Å². The highest BCUT2D eigenvalue weighted by Crippen LogP contribution is 2.28. The molecule has 1 atom stereocenters. The molecule has 0 unspecified atom stereocenters. The maximum Gasteiger partial charge on any atom is 0.264 e. The van der Waals surface area contributed by atoms with Crippen LogP contribution in [0.5, 0.6) is 0 Å². The molecule has 0 fully saturated rings. The predicted octanol–water partition coefficient (Wildman–Crippen LogP) is 5.34. The van der Waals surface area contributed by atoms with Gasteiger partial charge in [-0.3, -0.25) is 13.9 Å². The molecule has 0 aliphatic rings. The van der Waals surface area contributed by atoms with Gasteiger partial charge in [-0.25, -0.2) is 8.42 Å². The number of benzene rings is 3. The molecule has 0 aliphatic carbocycles. The Hall–Kier alpha value is -3.36. The number of carbonyl (C=O) groups is 2. The highest BCUT2D eigenvalue weighted by atomic mass is 35.5. The molecule has 0 aromatic heterocycles. The molecule has 0 aliphatic heterocycles. The molecule has 3 aromatic rings. The van der Waals surface area contributed by atoms with Crippen molar-refractivity contribution in [2.45, 2.75) is 52.1 Å². The molecule has 0 bridgehead atoms. The third kappa shape index (κ3) is 7.61. The van der Waals surface area contributed by atoms with E-state index < -0.39 is 28.5 Å². The summed E-state index contributed by atoms with van der Waals surface area (Å²) in [4.78, 5) is 28.5. The van der Waals surface area contributed by atoms with E-state index in [4.69, 9.17) is 11.6 Å². The van der Waals surface area contributed by atoms with E-state index in [0.29, 0.717) is 28.4 Å². The second kappa shape index (κ2) is 13.1. The fraction of sp³-hybridized carbons (Fsp3) is 0.333. The van der Waals surface area contributed by atoms with Gasteiger partial charge in [0.1, 0.15) is 12.6 Å². The number of aryl methyl sites for hydroxylation is 2. The van der Waals surface area contributed by atoms with Crippen molar-refractivity contribution in [1.29, 1.82) is 0 Å². The van der Waals surface area contributed by atoms with Gasteiger partial charge in [-0.1, -0.05) is 79.5 Å². The normalized spacial score (nSPS) is 12.2. The minimum Gasteiger partial charge on any atom is -0.354 e. The van der Waals surface area contributed by atoms with Crippen molar-refractivity contribution in [2.75, 3.05) is 17.4 Å². The standard InChI is InChI=1S/C30H36ClN3O4S/c1-21(2)18-32-30(36)24(5)33(19-25-11-9-10-14-27(25)31)29(35)20-34(28-16-15-22(3)17-23(28)4)39(37,38)26-12-7-6-8-13-26/h6-17,21,24H,18-20H2,1-5H3,(H,32,36)/t24-/m1/s1. The first kappa shape index (κ1) is 30.2. The monoisotopic (exact) mass is 569 g/mol. The SMILES string of the molecule is Cc1ccc(N(CC(=O)N(Cc2ccccc2Cl)[C@H](C)C(=O)NCC(C)C)S(=O)(=O)c2ccccc2)c(C)c1. The van der Waals surface area contributed by atoms with Gasteiger partial charge in [-0.05, 0) is 62.1 Å². The smallest absolute Gasteiger partial charge is 0.264 e. The van der Waals surface area contributed by atoms with Crippen LogP contribution in [0.3, 0.4) is 0 Å². The van der Waals surface area contributed by atoms with Crippen LogP contribution in [0.15, 0.2) is 77.7 Å². The molecular formula is C30H36ClN3O4S. The van der Waals surface area contributed by atoms with Gasteiger partial charge in [-0.15, -0.1) is 0 Å². The Morgan fingerprint density at radius 2 is 1.56 bits per heavy atom. The number of sulfonamides is 1. The van der Waals surface area contributed by atoms with Crippen LogP contribution in [0.4, 0.5) is 5.69 Å². The average Bonchev–Trinajstić information content (AvgIpc) is 2.90. The molecule has 3 aromatic carbocycles. The molecule has 0 saturated carbocycles. The number of nitrogens with zero attached hydrogens (tertiary/aromatic N) is 2. The zero-order chi connectivity index (χ0) is 28.7. The number of nitrogens with one attached hydrogen (secondary N) is 1. The van der Waals surface area contributed by atoms with Gasteiger partial charge in [-0.2, -0.15) is 0 Å². The van der Waals surface area contributed by atoms with Crippen LogP contribution in [0.2, 0.25) is 5.02 Å². The summed E-state index contributed by atoms with van der Waals surface area (Å²) >= 11 is 6.41. The lowest BCUT2D eigenvalue weighted by Crippen LogP contribution is -2.51. The lowest BCUT2D eigenvalue weighted by molar-refractivity contribution is -0.139. The summed E-state index contributed by atoms with van der Waals surface area (Å²) in [5, 5.41) is 3.33.